The maximum absolute atomic E-state index is 13.8. The fraction of sp³-hybridized carbons (Fsp3) is 0.406. The average molecular weight is 561 g/mol. The zero-order valence-electron chi connectivity index (χ0n) is 23.6. The van der Waals surface area contributed by atoms with Crippen LogP contribution in [0.5, 0.6) is 0 Å². The van der Waals surface area contributed by atoms with Crippen LogP contribution in [0.1, 0.15) is 79.8 Å². The van der Waals surface area contributed by atoms with E-state index in [9.17, 15) is 19.5 Å². The van der Waals surface area contributed by atoms with Gasteiger partial charge in [0.05, 0.1) is 18.6 Å². The molecule has 0 bridgehead atoms. The number of carboxylic acids is 1. The number of carbonyl (C=O) groups is 3. The maximum atomic E-state index is 13.8. The fourth-order valence-corrected chi connectivity index (χ4v) is 5.85. The number of hydrogen-bond acceptors (Lipinski definition) is 6. The van der Waals surface area contributed by atoms with Gasteiger partial charge in [-0.1, -0.05) is 61.4 Å². The number of ether oxygens (including phenoxy) is 2. The molecule has 2 aliphatic rings. The Bertz CT molecular complexity index is 1380. The molecule has 1 saturated carbocycles. The average Bonchev–Trinajstić information content (AvgIpc) is 3.53. The Morgan fingerprint density at radius 1 is 0.951 bits per heavy atom. The van der Waals surface area contributed by atoms with E-state index in [0.29, 0.717) is 18.6 Å². The van der Waals surface area contributed by atoms with Crippen LogP contribution >= 0.6 is 0 Å². The Kier molecular flexibility index (Phi) is 8.06. The minimum Gasteiger partial charge on any atom is -0.475 e. The summed E-state index contributed by atoms with van der Waals surface area (Å²) in [6, 6.07) is 18.4. The lowest BCUT2D eigenvalue weighted by molar-refractivity contribution is 0.0354. The van der Waals surface area contributed by atoms with Crippen LogP contribution in [-0.2, 0) is 16.0 Å². The Balaban J connectivity index is 1.38. The second-order valence-electron chi connectivity index (χ2n) is 11.6. The highest BCUT2D eigenvalue weighted by molar-refractivity contribution is 5.84. The van der Waals surface area contributed by atoms with Gasteiger partial charge >= 0.3 is 18.2 Å². The van der Waals surface area contributed by atoms with Crippen molar-refractivity contribution < 1.29 is 33.4 Å². The minimum atomic E-state index is -1.19. The number of carbonyl (C=O) groups excluding carboxylic acids is 2. The van der Waals surface area contributed by atoms with Gasteiger partial charge in [0.2, 0.25) is 5.76 Å². The second-order valence-corrected chi connectivity index (χ2v) is 11.6. The van der Waals surface area contributed by atoms with Crippen molar-refractivity contribution in [3.8, 4) is 11.1 Å². The molecule has 2 N–H and O–H groups in total. The van der Waals surface area contributed by atoms with Crippen molar-refractivity contribution in [2.24, 2.45) is 0 Å². The maximum Gasteiger partial charge on any atom is 0.410 e. The van der Waals surface area contributed by atoms with E-state index in [2.05, 4.69) is 29.6 Å². The van der Waals surface area contributed by atoms with Gasteiger partial charge in [0.15, 0.2) is 0 Å². The minimum absolute atomic E-state index is 0.00111. The van der Waals surface area contributed by atoms with Crippen LogP contribution in [0.3, 0.4) is 0 Å². The normalized spacial score (nSPS) is 18.2. The zero-order chi connectivity index (χ0) is 29.1. The van der Waals surface area contributed by atoms with Crippen molar-refractivity contribution in [2.45, 2.75) is 76.6 Å². The zero-order valence-corrected chi connectivity index (χ0v) is 23.6. The van der Waals surface area contributed by atoms with E-state index in [0.717, 1.165) is 35.1 Å². The van der Waals surface area contributed by atoms with Crippen LogP contribution in [-0.4, -0.2) is 52.5 Å². The van der Waals surface area contributed by atoms with Crippen molar-refractivity contribution in [3.63, 3.8) is 0 Å². The van der Waals surface area contributed by atoms with Gasteiger partial charge in [-0.2, -0.15) is 0 Å². The van der Waals surface area contributed by atoms with E-state index in [-0.39, 0.29) is 30.9 Å². The molecule has 2 aromatic carbocycles. The van der Waals surface area contributed by atoms with Gasteiger partial charge in [-0.25, -0.2) is 14.4 Å². The molecule has 2 atom stereocenters. The predicted octanol–water partition coefficient (Wildman–Crippen LogP) is 6.56. The number of hydrogen-bond donors (Lipinski definition) is 2. The molecule has 2 amide bonds. The Morgan fingerprint density at radius 3 is 2.20 bits per heavy atom. The van der Waals surface area contributed by atoms with Crippen molar-refractivity contribution in [3.05, 3.63) is 83.3 Å². The largest absolute Gasteiger partial charge is 0.475 e. The molecule has 1 fully saturated rings. The summed E-state index contributed by atoms with van der Waals surface area (Å²) in [5.41, 5.74) is 3.81. The van der Waals surface area contributed by atoms with Gasteiger partial charge in [0.25, 0.3) is 0 Å². The number of alkyl carbamates (subject to hydrolysis) is 1. The topological polar surface area (TPSA) is 118 Å². The number of aromatic carboxylic acids is 1. The third kappa shape index (κ3) is 6.39. The summed E-state index contributed by atoms with van der Waals surface area (Å²) in [4.78, 5) is 39.5. The lowest BCUT2D eigenvalue weighted by atomic mass is 9.89. The molecule has 0 aliphatic heterocycles. The number of furan rings is 1. The van der Waals surface area contributed by atoms with Gasteiger partial charge in [0.1, 0.15) is 18.0 Å². The third-order valence-corrected chi connectivity index (χ3v) is 7.60. The predicted molar refractivity (Wildman–Crippen MR) is 152 cm³/mol. The first kappa shape index (κ1) is 28.3. The molecular weight excluding hydrogens is 524 g/mol. The van der Waals surface area contributed by atoms with Crippen LogP contribution in [0.2, 0.25) is 0 Å². The lowest BCUT2D eigenvalue weighted by Crippen LogP contribution is -2.55. The van der Waals surface area contributed by atoms with Gasteiger partial charge in [-0.3, -0.25) is 4.90 Å². The monoisotopic (exact) mass is 560 g/mol. The highest BCUT2D eigenvalue weighted by Crippen LogP contribution is 2.44. The third-order valence-electron chi connectivity index (χ3n) is 7.60. The standard InChI is InChI=1S/C32H36N2O7/c1-32(2,3)41-30(37)33-26-14-8-9-15-27(26)34(18-20-16-17-28(40-20)29(35)36)31(38)39-19-25-23-12-6-4-10-21(23)22-11-5-7-13-24(22)25/h4-7,10-13,16-17,25-27H,8-9,14-15,18-19H2,1-3H3,(H,33,37)(H,35,36)/t26-,27-/m1/s1. The summed E-state index contributed by atoms with van der Waals surface area (Å²) >= 11 is 0. The molecule has 216 valence electrons. The summed E-state index contributed by atoms with van der Waals surface area (Å²) in [5, 5.41) is 12.3. The van der Waals surface area contributed by atoms with E-state index in [4.69, 9.17) is 13.9 Å². The number of fused-ring (bicyclic) bond motifs is 3. The first-order valence-electron chi connectivity index (χ1n) is 14.0. The van der Waals surface area contributed by atoms with Crippen molar-refractivity contribution in [1.29, 1.82) is 0 Å². The van der Waals surface area contributed by atoms with E-state index in [1.807, 2.05) is 24.3 Å². The van der Waals surface area contributed by atoms with E-state index < -0.39 is 29.8 Å². The van der Waals surface area contributed by atoms with Crippen LogP contribution < -0.4 is 5.32 Å². The Morgan fingerprint density at radius 2 is 1.59 bits per heavy atom. The number of amides is 2. The lowest BCUT2D eigenvalue weighted by Gasteiger charge is -2.39. The summed E-state index contributed by atoms with van der Waals surface area (Å²) in [5.74, 6) is -1.19. The van der Waals surface area contributed by atoms with Crippen LogP contribution in [0.15, 0.2) is 65.1 Å². The number of carboxylic acid groups (broad SMARTS) is 1. The van der Waals surface area contributed by atoms with Gasteiger partial charge < -0.3 is 24.3 Å². The molecule has 41 heavy (non-hydrogen) atoms. The first-order valence-corrected chi connectivity index (χ1v) is 14.0. The summed E-state index contributed by atoms with van der Waals surface area (Å²) in [6.07, 6.45) is 1.95. The quantitative estimate of drug-likeness (QED) is 0.336. The molecule has 0 spiro atoms. The van der Waals surface area contributed by atoms with Crippen LogP contribution in [0, 0.1) is 0 Å². The molecule has 0 saturated heterocycles. The van der Waals surface area contributed by atoms with Crippen LogP contribution in [0.4, 0.5) is 9.59 Å². The molecule has 1 aromatic heterocycles. The molecule has 2 aliphatic carbocycles. The Hall–Kier alpha value is -4.27. The van der Waals surface area contributed by atoms with Crippen LogP contribution in [0.25, 0.3) is 11.1 Å². The highest BCUT2D eigenvalue weighted by Gasteiger charge is 2.37. The number of nitrogens with zero attached hydrogens (tertiary/aromatic N) is 1. The smallest absolute Gasteiger partial charge is 0.410 e. The molecule has 5 rings (SSSR count). The fourth-order valence-electron chi connectivity index (χ4n) is 5.85. The van der Waals surface area contributed by atoms with Crippen molar-refractivity contribution >= 4 is 18.2 Å². The molecule has 0 unspecified atom stereocenters. The first-order chi connectivity index (χ1) is 19.6. The summed E-state index contributed by atoms with van der Waals surface area (Å²) < 4.78 is 17.0. The van der Waals surface area contributed by atoms with E-state index in [1.54, 1.807) is 31.7 Å². The van der Waals surface area contributed by atoms with Crippen molar-refractivity contribution in [1.82, 2.24) is 10.2 Å². The highest BCUT2D eigenvalue weighted by atomic mass is 16.6. The van der Waals surface area contributed by atoms with Gasteiger partial charge in [-0.05, 0) is 68.0 Å². The summed E-state index contributed by atoms with van der Waals surface area (Å²) in [7, 11) is 0. The van der Waals surface area contributed by atoms with E-state index >= 15 is 0 Å². The SMILES string of the molecule is CC(C)(C)OC(=O)N[C@@H]1CCCC[C@H]1N(Cc1ccc(C(=O)O)o1)C(=O)OCC1c2ccccc2-c2ccccc21. The molecular formula is C32H36N2O7. The number of benzene rings is 2. The van der Waals surface area contributed by atoms with Gasteiger partial charge in [0, 0.05) is 5.92 Å². The van der Waals surface area contributed by atoms with E-state index in [1.165, 1.54) is 6.07 Å². The Labute approximate surface area is 239 Å². The number of nitrogens with one attached hydrogen (secondary N) is 1. The summed E-state index contributed by atoms with van der Waals surface area (Å²) in [6.45, 7) is 5.53. The molecule has 0 radical (unpaired) electrons. The molecule has 3 aromatic rings. The number of rotatable bonds is 7. The molecule has 9 nitrogen and oxygen atoms in total. The second kappa shape index (κ2) is 11.7. The van der Waals surface area contributed by atoms with Crippen molar-refractivity contribution in [2.75, 3.05) is 6.61 Å². The molecule has 9 heteroatoms. The van der Waals surface area contributed by atoms with Gasteiger partial charge in [-0.15, -0.1) is 0 Å². The molecule has 1 heterocycles.